The van der Waals surface area contributed by atoms with Gasteiger partial charge in [-0.3, -0.25) is 0 Å². The molecule has 1 aliphatic heterocycles. The molecule has 2 heteroatoms. The molecule has 0 aromatic rings. The molecule has 1 saturated carbocycles. The first kappa shape index (κ1) is 13.4. The van der Waals surface area contributed by atoms with Gasteiger partial charge in [-0.25, -0.2) is 0 Å². The summed E-state index contributed by atoms with van der Waals surface area (Å²) in [5.74, 6) is 1.46. The lowest BCUT2D eigenvalue weighted by Gasteiger charge is -2.30. The maximum Gasteiger partial charge on any atom is 0.0576 e. The number of ether oxygens (including phenoxy) is 1. The molecule has 1 saturated heterocycles. The molecule has 100 valence electrons. The van der Waals surface area contributed by atoms with E-state index in [1.807, 2.05) is 0 Å². The zero-order valence-corrected chi connectivity index (χ0v) is 11.2. The third kappa shape index (κ3) is 4.26. The second kappa shape index (κ2) is 6.75. The third-order valence-electron chi connectivity index (χ3n) is 4.65. The van der Waals surface area contributed by atoms with Crippen molar-refractivity contribution >= 4 is 0 Å². The molecule has 0 spiro atoms. The Kier molecular flexibility index (Phi) is 5.30. The molecule has 1 heterocycles. The van der Waals surface area contributed by atoms with E-state index >= 15 is 0 Å². The largest absolute Gasteiger partial charge is 0.393 e. The van der Waals surface area contributed by atoms with E-state index in [2.05, 4.69) is 6.92 Å². The lowest BCUT2D eigenvalue weighted by molar-refractivity contribution is 0.0576. The molecule has 0 aromatic carbocycles. The van der Waals surface area contributed by atoms with Crippen molar-refractivity contribution in [2.24, 2.45) is 11.8 Å². The Balaban J connectivity index is 1.58. The van der Waals surface area contributed by atoms with Gasteiger partial charge in [0.15, 0.2) is 0 Å². The van der Waals surface area contributed by atoms with Crippen LogP contribution in [0.15, 0.2) is 0 Å². The Bertz CT molecular complexity index is 203. The molecule has 17 heavy (non-hydrogen) atoms. The van der Waals surface area contributed by atoms with Crippen LogP contribution in [0.25, 0.3) is 0 Å². The normalized spacial score (nSPS) is 36.0. The van der Waals surface area contributed by atoms with Crippen LogP contribution in [0.1, 0.15) is 64.7 Å². The molecule has 0 bridgehead atoms. The number of aliphatic hydroxyl groups excluding tert-OH is 1. The van der Waals surface area contributed by atoms with Gasteiger partial charge in [0.1, 0.15) is 0 Å². The van der Waals surface area contributed by atoms with E-state index in [0.29, 0.717) is 12.0 Å². The number of hydrogen-bond acceptors (Lipinski definition) is 2. The SMILES string of the molecule is CC1CCC(C(O)CCCC2CCCO2)CC1. The highest BCUT2D eigenvalue weighted by molar-refractivity contribution is 4.76. The van der Waals surface area contributed by atoms with Gasteiger partial charge in [-0.1, -0.05) is 19.8 Å². The minimum Gasteiger partial charge on any atom is -0.393 e. The van der Waals surface area contributed by atoms with Gasteiger partial charge >= 0.3 is 0 Å². The summed E-state index contributed by atoms with van der Waals surface area (Å²) >= 11 is 0. The topological polar surface area (TPSA) is 29.5 Å². The highest BCUT2D eigenvalue weighted by Gasteiger charge is 2.24. The molecule has 2 atom stereocenters. The van der Waals surface area contributed by atoms with Crippen molar-refractivity contribution in [2.75, 3.05) is 6.61 Å². The molecule has 2 rings (SSSR count). The van der Waals surface area contributed by atoms with E-state index in [-0.39, 0.29) is 6.10 Å². The van der Waals surface area contributed by atoms with Crippen LogP contribution in [0.5, 0.6) is 0 Å². The first-order valence-corrected chi connectivity index (χ1v) is 7.55. The molecule has 0 amide bonds. The standard InChI is InChI=1S/C15H28O2/c1-12-7-9-13(10-8-12)15(16)6-2-4-14-5-3-11-17-14/h12-16H,2-11H2,1H3. The Labute approximate surface area is 106 Å². The van der Waals surface area contributed by atoms with E-state index in [0.717, 1.165) is 31.8 Å². The van der Waals surface area contributed by atoms with Crippen molar-refractivity contribution in [3.63, 3.8) is 0 Å². The molecule has 1 aliphatic carbocycles. The first-order chi connectivity index (χ1) is 8.25. The van der Waals surface area contributed by atoms with E-state index in [1.165, 1.54) is 38.5 Å². The minimum atomic E-state index is -0.0519. The fraction of sp³-hybridized carbons (Fsp3) is 1.00. The van der Waals surface area contributed by atoms with Gasteiger partial charge in [0, 0.05) is 6.61 Å². The average molecular weight is 240 g/mol. The first-order valence-electron chi connectivity index (χ1n) is 7.55. The van der Waals surface area contributed by atoms with Gasteiger partial charge in [-0.05, 0) is 56.8 Å². The molecule has 2 aliphatic rings. The highest BCUT2D eigenvalue weighted by Crippen LogP contribution is 2.32. The Hall–Kier alpha value is -0.0800. The number of hydrogen-bond donors (Lipinski definition) is 1. The maximum atomic E-state index is 10.2. The van der Waals surface area contributed by atoms with Gasteiger partial charge in [-0.2, -0.15) is 0 Å². The van der Waals surface area contributed by atoms with Crippen LogP contribution < -0.4 is 0 Å². The molecule has 2 fully saturated rings. The Morgan fingerprint density at radius 3 is 2.59 bits per heavy atom. The molecular weight excluding hydrogens is 212 g/mol. The van der Waals surface area contributed by atoms with Gasteiger partial charge in [0.2, 0.25) is 0 Å². The lowest BCUT2D eigenvalue weighted by Crippen LogP contribution is -2.25. The summed E-state index contributed by atoms with van der Waals surface area (Å²) in [7, 11) is 0. The quantitative estimate of drug-likeness (QED) is 0.796. The summed E-state index contributed by atoms with van der Waals surface area (Å²) in [6.07, 6.45) is 11.3. The summed E-state index contributed by atoms with van der Waals surface area (Å²) in [5.41, 5.74) is 0. The van der Waals surface area contributed by atoms with Gasteiger partial charge in [0.05, 0.1) is 12.2 Å². The van der Waals surface area contributed by atoms with Crippen LogP contribution >= 0.6 is 0 Å². The van der Waals surface area contributed by atoms with Crippen molar-refractivity contribution in [3.8, 4) is 0 Å². The highest BCUT2D eigenvalue weighted by atomic mass is 16.5. The molecule has 0 aromatic heterocycles. The summed E-state index contributed by atoms with van der Waals surface area (Å²) < 4.78 is 5.61. The Morgan fingerprint density at radius 1 is 1.18 bits per heavy atom. The molecule has 1 N–H and O–H groups in total. The van der Waals surface area contributed by atoms with E-state index in [9.17, 15) is 5.11 Å². The second-order valence-electron chi connectivity index (χ2n) is 6.15. The van der Waals surface area contributed by atoms with Crippen molar-refractivity contribution in [2.45, 2.75) is 76.9 Å². The smallest absolute Gasteiger partial charge is 0.0576 e. The summed E-state index contributed by atoms with van der Waals surface area (Å²) in [4.78, 5) is 0. The third-order valence-corrected chi connectivity index (χ3v) is 4.65. The molecule has 2 nitrogen and oxygen atoms in total. The van der Waals surface area contributed by atoms with Gasteiger partial charge in [0.25, 0.3) is 0 Å². The van der Waals surface area contributed by atoms with Gasteiger partial charge < -0.3 is 9.84 Å². The van der Waals surface area contributed by atoms with Crippen LogP contribution in [-0.2, 0) is 4.74 Å². The zero-order chi connectivity index (χ0) is 12.1. The van der Waals surface area contributed by atoms with Gasteiger partial charge in [-0.15, -0.1) is 0 Å². The fourth-order valence-electron chi connectivity index (χ4n) is 3.33. The Morgan fingerprint density at radius 2 is 1.94 bits per heavy atom. The number of rotatable bonds is 5. The second-order valence-corrected chi connectivity index (χ2v) is 6.15. The summed E-state index contributed by atoms with van der Waals surface area (Å²) in [5, 5.41) is 10.2. The molecule has 2 unspecified atom stereocenters. The van der Waals surface area contributed by atoms with Crippen LogP contribution in [0.4, 0.5) is 0 Å². The van der Waals surface area contributed by atoms with Crippen LogP contribution in [0.2, 0.25) is 0 Å². The van der Waals surface area contributed by atoms with Crippen LogP contribution in [-0.4, -0.2) is 23.9 Å². The van der Waals surface area contributed by atoms with E-state index in [1.54, 1.807) is 0 Å². The van der Waals surface area contributed by atoms with Crippen molar-refractivity contribution in [1.82, 2.24) is 0 Å². The minimum absolute atomic E-state index is 0.0519. The van der Waals surface area contributed by atoms with Crippen molar-refractivity contribution in [1.29, 1.82) is 0 Å². The molecule has 0 radical (unpaired) electrons. The predicted octanol–water partition coefficient (Wildman–Crippen LogP) is 3.52. The maximum absolute atomic E-state index is 10.2. The van der Waals surface area contributed by atoms with E-state index in [4.69, 9.17) is 4.74 Å². The summed E-state index contributed by atoms with van der Waals surface area (Å²) in [6, 6.07) is 0. The monoisotopic (exact) mass is 240 g/mol. The number of aliphatic hydroxyl groups is 1. The van der Waals surface area contributed by atoms with Crippen molar-refractivity contribution in [3.05, 3.63) is 0 Å². The predicted molar refractivity (Wildman–Crippen MR) is 70.0 cm³/mol. The van der Waals surface area contributed by atoms with E-state index < -0.39 is 0 Å². The average Bonchev–Trinajstić information content (AvgIpc) is 2.83. The van der Waals surface area contributed by atoms with Crippen LogP contribution in [0.3, 0.4) is 0 Å². The fourth-order valence-corrected chi connectivity index (χ4v) is 3.33. The summed E-state index contributed by atoms with van der Waals surface area (Å²) in [6.45, 7) is 3.29. The van der Waals surface area contributed by atoms with Crippen LogP contribution in [0, 0.1) is 11.8 Å². The molecular formula is C15H28O2. The van der Waals surface area contributed by atoms with Crippen molar-refractivity contribution < 1.29 is 9.84 Å². The lowest BCUT2D eigenvalue weighted by atomic mass is 9.79. The zero-order valence-electron chi connectivity index (χ0n) is 11.2.